The number of hydrogen-bond acceptors (Lipinski definition) is 4. The van der Waals surface area contributed by atoms with E-state index in [2.05, 4.69) is 64.0 Å². The van der Waals surface area contributed by atoms with Crippen molar-refractivity contribution in [1.82, 2.24) is 8.61 Å². The van der Waals surface area contributed by atoms with Crippen molar-refractivity contribution >= 4 is 22.0 Å². The van der Waals surface area contributed by atoms with Gasteiger partial charge in [-0.25, -0.2) is 8.61 Å². The van der Waals surface area contributed by atoms with Crippen molar-refractivity contribution in [1.29, 1.82) is 0 Å². The molecule has 0 saturated heterocycles. The van der Waals surface area contributed by atoms with E-state index in [1.54, 1.807) is 0 Å². The van der Waals surface area contributed by atoms with E-state index in [9.17, 15) is 0 Å². The first-order valence-corrected chi connectivity index (χ1v) is 9.32. The average Bonchev–Trinajstić information content (AvgIpc) is 2.31. The van der Waals surface area contributed by atoms with Crippen LogP contribution in [0.3, 0.4) is 0 Å². The molecule has 0 spiro atoms. The lowest BCUT2D eigenvalue weighted by Gasteiger charge is -2.35. The lowest BCUT2D eigenvalue weighted by Crippen LogP contribution is -2.35. The summed E-state index contributed by atoms with van der Waals surface area (Å²) in [5, 5.41) is 0. The van der Waals surface area contributed by atoms with Gasteiger partial charge in [0.25, 0.3) is 0 Å². The molecule has 0 N–H and O–H groups in total. The molecule has 18 heavy (non-hydrogen) atoms. The number of rotatable bonds is 9. The Morgan fingerprint density at radius 3 is 1.11 bits per heavy atom. The molecule has 0 heterocycles. The van der Waals surface area contributed by atoms with E-state index in [1.165, 1.54) is 12.8 Å². The van der Waals surface area contributed by atoms with E-state index >= 15 is 0 Å². The molecule has 110 valence electrons. The molecule has 0 aromatic rings. The molecule has 0 saturated carbocycles. The van der Waals surface area contributed by atoms with Crippen molar-refractivity contribution in [2.75, 3.05) is 0 Å². The lowest BCUT2D eigenvalue weighted by molar-refractivity contribution is 0.306. The minimum absolute atomic E-state index is 0.586. The molecule has 0 aromatic carbocycles. The molecule has 0 amide bonds. The molecule has 0 aliphatic rings. The van der Waals surface area contributed by atoms with Gasteiger partial charge in [0.05, 0.1) is 0 Å². The van der Waals surface area contributed by atoms with Crippen LogP contribution in [0.15, 0.2) is 0 Å². The highest BCUT2D eigenvalue weighted by molar-refractivity contribution is 8.74. The van der Waals surface area contributed by atoms with E-state index < -0.39 is 0 Å². The summed E-state index contributed by atoms with van der Waals surface area (Å²) in [4.78, 5) is 0. The quantitative estimate of drug-likeness (QED) is 0.424. The van der Waals surface area contributed by atoms with Crippen molar-refractivity contribution in [3.8, 4) is 0 Å². The molecule has 2 atom stereocenters. The number of hydrogen-bond donors (Lipinski definition) is 0. The summed E-state index contributed by atoms with van der Waals surface area (Å²) in [6.07, 6.45) is 2.41. The van der Waals surface area contributed by atoms with Gasteiger partial charge >= 0.3 is 0 Å². The SMILES string of the molecule is CCC(C)N(SSN(C(C)C)C(C)CC)C(C)C. The maximum atomic E-state index is 2.52. The molecule has 4 heteroatoms. The first kappa shape index (κ1) is 18.6. The first-order valence-electron chi connectivity index (χ1n) is 7.26. The Hall–Kier alpha value is 0.620. The summed E-state index contributed by atoms with van der Waals surface area (Å²) in [5.41, 5.74) is 0. The molecular weight excluding hydrogens is 260 g/mol. The van der Waals surface area contributed by atoms with Gasteiger partial charge in [0, 0.05) is 46.1 Å². The Kier molecular flexibility index (Phi) is 9.84. The van der Waals surface area contributed by atoms with E-state index in [-0.39, 0.29) is 0 Å². The summed E-state index contributed by atoms with van der Waals surface area (Å²) >= 11 is 0. The molecular formula is C14H32N2S2. The number of nitrogens with zero attached hydrogens (tertiary/aromatic N) is 2. The molecule has 0 fully saturated rings. The summed E-state index contributed by atoms with van der Waals surface area (Å²) in [6, 6.07) is 2.44. The van der Waals surface area contributed by atoms with Crippen LogP contribution in [0.2, 0.25) is 0 Å². The van der Waals surface area contributed by atoms with Crippen LogP contribution in [0.25, 0.3) is 0 Å². The predicted octanol–water partition coefficient (Wildman–Crippen LogP) is 5.22. The van der Waals surface area contributed by atoms with Gasteiger partial charge in [0.2, 0.25) is 0 Å². The van der Waals surface area contributed by atoms with Crippen molar-refractivity contribution in [2.45, 2.75) is 92.4 Å². The van der Waals surface area contributed by atoms with Crippen LogP contribution in [0.1, 0.15) is 68.2 Å². The average molecular weight is 293 g/mol. The van der Waals surface area contributed by atoms with Crippen molar-refractivity contribution in [3.05, 3.63) is 0 Å². The molecule has 2 nitrogen and oxygen atoms in total. The van der Waals surface area contributed by atoms with E-state index in [1.807, 2.05) is 22.0 Å². The molecule has 0 aliphatic carbocycles. The highest BCUT2D eigenvalue weighted by Crippen LogP contribution is 2.36. The fraction of sp³-hybridized carbons (Fsp3) is 1.00. The largest absolute Gasteiger partial charge is 0.235 e. The second kappa shape index (κ2) is 9.51. The highest BCUT2D eigenvalue weighted by Gasteiger charge is 2.22. The van der Waals surface area contributed by atoms with Crippen molar-refractivity contribution in [3.63, 3.8) is 0 Å². The van der Waals surface area contributed by atoms with Gasteiger partial charge < -0.3 is 0 Å². The standard InChI is InChI=1S/C14H32N2S2/c1-9-13(7)15(11(3)4)17-18-16(12(5)6)14(8)10-2/h11-14H,9-10H2,1-8H3. The van der Waals surface area contributed by atoms with Gasteiger partial charge in [0.15, 0.2) is 0 Å². The lowest BCUT2D eigenvalue weighted by atomic mass is 10.2. The summed E-state index contributed by atoms with van der Waals surface area (Å²) in [6.45, 7) is 18.3. The van der Waals surface area contributed by atoms with Gasteiger partial charge in [-0.15, -0.1) is 0 Å². The van der Waals surface area contributed by atoms with Crippen molar-refractivity contribution < 1.29 is 0 Å². The fourth-order valence-corrected chi connectivity index (χ4v) is 5.24. The van der Waals surface area contributed by atoms with Gasteiger partial charge in [0.1, 0.15) is 0 Å². The van der Waals surface area contributed by atoms with Gasteiger partial charge in [-0.1, -0.05) is 13.8 Å². The monoisotopic (exact) mass is 292 g/mol. The summed E-state index contributed by atoms with van der Waals surface area (Å²) < 4.78 is 5.03. The second-order valence-electron chi connectivity index (χ2n) is 5.57. The minimum Gasteiger partial charge on any atom is -0.235 e. The smallest absolute Gasteiger partial charge is 0.0182 e. The molecule has 0 radical (unpaired) electrons. The van der Waals surface area contributed by atoms with Crippen LogP contribution in [-0.2, 0) is 0 Å². The zero-order valence-electron chi connectivity index (χ0n) is 13.4. The zero-order valence-corrected chi connectivity index (χ0v) is 15.1. The third kappa shape index (κ3) is 6.18. The van der Waals surface area contributed by atoms with Crippen LogP contribution >= 0.6 is 22.0 Å². The van der Waals surface area contributed by atoms with Crippen LogP contribution < -0.4 is 0 Å². The Morgan fingerprint density at radius 1 is 0.667 bits per heavy atom. The third-order valence-corrected chi connectivity index (χ3v) is 6.48. The molecule has 0 aliphatic heterocycles. The van der Waals surface area contributed by atoms with Crippen LogP contribution in [0, 0.1) is 0 Å². The Labute approximate surface area is 123 Å². The molecule has 0 bridgehead atoms. The van der Waals surface area contributed by atoms with Gasteiger partial charge in [-0.2, -0.15) is 0 Å². The van der Waals surface area contributed by atoms with Gasteiger partial charge in [-0.3, -0.25) is 0 Å². The predicted molar refractivity (Wildman–Crippen MR) is 88.6 cm³/mol. The Morgan fingerprint density at radius 2 is 0.944 bits per heavy atom. The maximum Gasteiger partial charge on any atom is 0.0182 e. The van der Waals surface area contributed by atoms with E-state index in [0.29, 0.717) is 24.2 Å². The normalized spacial score (nSPS) is 16.0. The van der Waals surface area contributed by atoms with Crippen LogP contribution in [-0.4, -0.2) is 32.8 Å². The van der Waals surface area contributed by atoms with E-state index in [4.69, 9.17) is 0 Å². The zero-order chi connectivity index (χ0) is 14.3. The Bertz CT molecular complexity index is 188. The topological polar surface area (TPSA) is 6.48 Å². The van der Waals surface area contributed by atoms with Gasteiger partial charge in [-0.05, 0) is 54.4 Å². The Balaban J connectivity index is 4.46. The highest BCUT2D eigenvalue weighted by atomic mass is 33.1. The molecule has 0 rings (SSSR count). The molecule has 0 aromatic heterocycles. The third-order valence-electron chi connectivity index (χ3n) is 3.27. The summed E-state index contributed by atoms with van der Waals surface area (Å²) in [7, 11) is 3.84. The fourth-order valence-electron chi connectivity index (χ4n) is 1.77. The summed E-state index contributed by atoms with van der Waals surface area (Å²) in [5.74, 6) is 0. The van der Waals surface area contributed by atoms with Crippen molar-refractivity contribution in [2.24, 2.45) is 0 Å². The molecule has 2 unspecified atom stereocenters. The van der Waals surface area contributed by atoms with Crippen LogP contribution in [0.5, 0.6) is 0 Å². The second-order valence-corrected chi connectivity index (χ2v) is 7.61. The minimum atomic E-state index is 0.586. The van der Waals surface area contributed by atoms with Crippen LogP contribution in [0.4, 0.5) is 0 Å². The maximum absolute atomic E-state index is 2.52. The first-order chi connectivity index (χ1) is 8.34. The van der Waals surface area contributed by atoms with E-state index in [0.717, 1.165) is 0 Å².